The van der Waals surface area contributed by atoms with E-state index in [4.69, 9.17) is 49.5 Å². The zero-order valence-corrected chi connectivity index (χ0v) is 15.0. The van der Waals surface area contributed by atoms with E-state index in [1.807, 2.05) is 0 Å². The minimum Gasteiger partial charge on any atom is -0.545 e. The van der Waals surface area contributed by atoms with Gasteiger partial charge in [-0.15, -0.1) is 0 Å². The molecule has 0 heterocycles. The van der Waals surface area contributed by atoms with Gasteiger partial charge >= 0.3 is 25.2 Å². The van der Waals surface area contributed by atoms with Gasteiger partial charge < -0.3 is 49.5 Å². The van der Waals surface area contributed by atoms with E-state index in [-0.39, 0.29) is 25.2 Å². The van der Waals surface area contributed by atoms with Crippen LogP contribution in [0.2, 0.25) is 0 Å². The first-order valence-electron chi connectivity index (χ1n) is 5.53. The van der Waals surface area contributed by atoms with Crippen molar-refractivity contribution >= 4 is 38.3 Å². The van der Waals surface area contributed by atoms with Gasteiger partial charge in [0.1, 0.15) is 0 Å². The van der Waals surface area contributed by atoms with E-state index >= 15 is 0 Å². The molecule has 0 saturated carbocycles. The van der Waals surface area contributed by atoms with Crippen molar-refractivity contribution in [1.82, 2.24) is 0 Å². The molecule has 0 N–H and O–H groups in total. The van der Waals surface area contributed by atoms with E-state index in [9.17, 15) is 0 Å². The van der Waals surface area contributed by atoms with Crippen LogP contribution in [0.1, 0.15) is 0 Å². The van der Waals surface area contributed by atoms with Crippen molar-refractivity contribution in [2.24, 2.45) is 0 Å². The van der Waals surface area contributed by atoms with Crippen molar-refractivity contribution in [1.29, 1.82) is 0 Å². The summed E-state index contributed by atoms with van der Waals surface area (Å²) in [6.07, 6.45) is 3.61. The fourth-order valence-corrected chi connectivity index (χ4v) is 0. The molecule has 0 fully saturated rings. The van der Waals surface area contributed by atoms with Gasteiger partial charge in [-0.3, -0.25) is 0 Å². The minimum absolute atomic E-state index is 0. The van der Waals surface area contributed by atoms with Crippen LogP contribution in [-0.2, 0) is 40.8 Å². The summed E-state index contributed by atoms with van der Waals surface area (Å²) < 4.78 is 0. The zero-order chi connectivity index (χ0) is 21.4. The number of hydrogen-bond donors (Lipinski definition) is 0. The van der Waals surface area contributed by atoms with Crippen LogP contribution in [0, 0.1) is 0 Å². The average Bonchev–Trinajstić information content (AvgIpc) is 2.56. The molecule has 0 bridgehead atoms. The van der Waals surface area contributed by atoms with E-state index in [0.717, 1.165) is 30.4 Å². The van der Waals surface area contributed by atoms with Gasteiger partial charge in [-0.1, -0.05) is 32.9 Å². The summed E-state index contributed by atoms with van der Waals surface area (Å²) in [4.78, 5) is 45.7. The van der Waals surface area contributed by atoms with Gasteiger partial charge in [-0.05, 0) is 30.4 Å². The quantitative estimate of drug-likeness (QED) is 0.302. The van der Waals surface area contributed by atoms with Gasteiger partial charge in [0.2, 0.25) is 0 Å². The maximum atomic E-state index is 9.14. The van der Waals surface area contributed by atoms with Crippen LogP contribution >= 0.6 is 0 Å². The van der Waals surface area contributed by atoms with Crippen molar-refractivity contribution in [2.45, 2.75) is 0 Å². The second kappa shape index (κ2) is 38.3. The van der Waals surface area contributed by atoms with Crippen molar-refractivity contribution in [2.75, 3.05) is 0 Å². The number of carboxylic acids is 5. The van der Waals surface area contributed by atoms with Crippen molar-refractivity contribution in [3.8, 4) is 0 Å². The van der Waals surface area contributed by atoms with Crippen LogP contribution in [0.5, 0.6) is 0 Å². The summed E-state index contributed by atoms with van der Waals surface area (Å²) >= 11 is 0. The fraction of sp³-hybridized carbons (Fsp3) is 0. The van der Waals surface area contributed by atoms with E-state index < -0.39 is 29.8 Å². The monoisotopic (exact) mass is 425 g/mol. The molecule has 0 saturated heterocycles. The van der Waals surface area contributed by atoms with Gasteiger partial charge in [0.15, 0.2) is 0 Å². The van der Waals surface area contributed by atoms with E-state index in [1.165, 1.54) is 0 Å². The van der Waals surface area contributed by atoms with Crippen LogP contribution < -0.4 is 25.5 Å². The van der Waals surface area contributed by atoms with Crippen LogP contribution in [0.15, 0.2) is 63.3 Å². The maximum absolute atomic E-state index is 9.14. The first-order valence-corrected chi connectivity index (χ1v) is 5.53. The van der Waals surface area contributed by atoms with Gasteiger partial charge in [0, 0.05) is 0 Å². The topological polar surface area (TPSA) is 201 Å². The van der Waals surface area contributed by atoms with Crippen molar-refractivity contribution in [3.05, 3.63) is 63.3 Å². The maximum Gasteiger partial charge on any atom is 3.00 e. The molecular weight excluding hydrogens is 410 g/mol. The fourth-order valence-electron chi connectivity index (χ4n) is 0. The Morgan fingerprint density at radius 3 is 0.481 bits per heavy atom. The Bertz CT molecular complexity index is 396. The molecule has 12 heteroatoms. The molecule has 10 nitrogen and oxygen atoms in total. The molecule has 0 aromatic carbocycles. The first-order chi connectivity index (χ1) is 11.4. The molecule has 0 rings (SSSR count). The second-order valence-corrected chi connectivity index (χ2v) is 2.62. The molecule has 0 amide bonds. The Balaban J connectivity index is -0.0000000364. The smallest absolute Gasteiger partial charge is 0.545 e. The Morgan fingerprint density at radius 2 is 0.481 bits per heavy atom. The molecule has 0 spiro atoms. The number of carbonyl (C=O) groups is 5. The number of hydrogen-bond acceptors (Lipinski definition) is 10. The Kier molecular flexibility index (Phi) is 62.0. The number of rotatable bonds is 5. The van der Waals surface area contributed by atoms with Crippen LogP contribution in [0.4, 0.5) is 0 Å². The first kappa shape index (κ1) is 43.8. The summed E-state index contributed by atoms with van der Waals surface area (Å²) in [5.74, 6) is -6.16. The number of carboxylic acid groups (broad SMARTS) is 5. The summed E-state index contributed by atoms with van der Waals surface area (Å²) in [7, 11) is 0. The third-order valence-electron chi connectivity index (χ3n) is 0.833. The van der Waals surface area contributed by atoms with E-state index in [1.54, 1.807) is 0 Å². The molecule has 0 aliphatic carbocycles. The molecule has 0 aliphatic heterocycles. The van der Waals surface area contributed by atoms with Crippen molar-refractivity contribution < 1.29 is 66.3 Å². The summed E-state index contributed by atoms with van der Waals surface area (Å²) in [5, 5.41) is 45.7. The number of carbonyl (C=O) groups excluding carboxylic acids is 5. The summed E-state index contributed by atoms with van der Waals surface area (Å²) in [6, 6.07) is 0. The molecule has 27 heavy (non-hydrogen) atoms. The standard InChI is InChI=1S/5C3H4O2.B.Co/c5*1-2-3(4)5;;/h5*2H,1H2,(H,4,5);;/q;;;;;+3;+2/p-5. The van der Waals surface area contributed by atoms with Gasteiger partial charge in [0.25, 0.3) is 0 Å². The normalized spacial score (nSPS) is 5.93. The van der Waals surface area contributed by atoms with Crippen LogP contribution in [0.3, 0.4) is 0 Å². The van der Waals surface area contributed by atoms with Gasteiger partial charge in [0.05, 0.1) is 29.8 Å². The Morgan fingerprint density at radius 1 is 0.444 bits per heavy atom. The largest absolute Gasteiger partial charge is 3.00 e. The van der Waals surface area contributed by atoms with Crippen LogP contribution in [0.25, 0.3) is 0 Å². The van der Waals surface area contributed by atoms with Gasteiger partial charge in [-0.2, -0.15) is 0 Å². The molecular formula is C15H15BCoO10. The van der Waals surface area contributed by atoms with E-state index in [0.29, 0.717) is 0 Å². The minimum atomic E-state index is -1.23. The van der Waals surface area contributed by atoms with Crippen LogP contribution in [-0.4, -0.2) is 38.3 Å². The molecule has 0 aliphatic rings. The molecule has 0 aromatic rings. The third-order valence-corrected chi connectivity index (χ3v) is 0.833. The van der Waals surface area contributed by atoms with Gasteiger partial charge in [-0.25, -0.2) is 0 Å². The average molecular weight is 425 g/mol. The predicted molar refractivity (Wildman–Crippen MR) is 81.8 cm³/mol. The molecule has 0 atom stereocenters. The summed E-state index contributed by atoms with van der Waals surface area (Å²) in [6.45, 7) is 14.5. The van der Waals surface area contributed by atoms with E-state index in [2.05, 4.69) is 32.9 Å². The molecule has 0 aromatic heterocycles. The Hall–Kier alpha value is -3.38. The molecule has 1 radical (unpaired) electrons. The summed E-state index contributed by atoms with van der Waals surface area (Å²) in [5.41, 5.74) is 0. The third kappa shape index (κ3) is 219. The zero-order valence-electron chi connectivity index (χ0n) is 13.9. The molecule has 147 valence electrons. The van der Waals surface area contributed by atoms with Crippen molar-refractivity contribution in [3.63, 3.8) is 0 Å². The second-order valence-electron chi connectivity index (χ2n) is 2.62. The number of aliphatic carboxylic acids is 5. The predicted octanol–water partition coefficient (Wildman–Crippen LogP) is -5.77. The Labute approximate surface area is 168 Å². The molecule has 0 unspecified atom stereocenters. The SMILES string of the molecule is C=CC(=O)[O-].C=CC(=O)[O-].C=CC(=O)[O-].C=CC(=O)[O-].C=CC(=O)[O-].[B+3].[Co+2].